The van der Waals surface area contributed by atoms with E-state index in [0.717, 1.165) is 55.8 Å². The largest absolute Gasteiger partial charge is 0.278 e. The molecule has 4 aromatic carbocycles. The lowest BCUT2D eigenvalue weighted by atomic mass is 10.1. The number of para-hydroxylation sites is 2. The van der Waals surface area contributed by atoms with Crippen LogP contribution in [0.5, 0.6) is 0 Å². The Kier molecular flexibility index (Phi) is 4.42. The smallest absolute Gasteiger partial charge is 0.162 e. The number of rotatable bonds is 3. The third-order valence-corrected chi connectivity index (χ3v) is 6.39. The molecule has 0 N–H and O–H groups in total. The van der Waals surface area contributed by atoms with Crippen molar-refractivity contribution in [3.05, 3.63) is 121 Å². The van der Waals surface area contributed by atoms with E-state index in [0.29, 0.717) is 5.82 Å². The number of hydrogen-bond donors (Lipinski definition) is 0. The first kappa shape index (κ1) is 19.6. The molecule has 2 aliphatic rings. The van der Waals surface area contributed by atoms with Gasteiger partial charge in [-0.3, -0.25) is 4.57 Å². The SMILES string of the molecule is c1ccc(-c2cc(-n3c4nc5ccccc5c-4cc4ccccc43)nc(-c3ccccc3)n2)cc1. The molecule has 3 heterocycles. The van der Waals surface area contributed by atoms with Crippen LogP contribution in [0, 0.1) is 0 Å². The highest BCUT2D eigenvalue weighted by Crippen LogP contribution is 2.37. The van der Waals surface area contributed by atoms with Gasteiger partial charge in [0.15, 0.2) is 5.82 Å². The summed E-state index contributed by atoms with van der Waals surface area (Å²) in [5.41, 5.74) is 6.04. The van der Waals surface area contributed by atoms with Gasteiger partial charge >= 0.3 is 0 Å². The summed E-state index contributed by atoms with van der Waals surface area (Å²) in [7, 11) is 0. The van der Waals surface area contributed by atoms with E-state index in [1.165, 1.54) is 0 Å². The number of pyridine rings is 1. The number of aromatic nitrogens is 4. The third kappa shape index (κ3) is 3.27. The lowest BCUT2D eigenvalue weighted by Gasteiger charge is -2.17. The lowest BCUT2D eigenvalue weighted by Crippen LogP contribution is -2.07. The maximum absolute atomic E-state index is 5.08. The fraction of sp³-hybridized carbons (Fsp3) is 0. The molecule has 7 rings (SSSR count). The third-order valence-electron chi connectivity index (χ3n) is 6.39. The molecular weight excluding hydrogens is 428 g/mol. The summed E-state index contributed by atoms with van der Waals surface area (Å²) >= 11 is 0. The Labute approximate surface area is 202 Å². The summed E-state index contributed by atoms with van der Waals surface area (Å²) in [6, 6.07) is 41.4. The first-order chi connectivity index (χ1) is 17.3. The van der Waals surface area contributed by atoms with E-state index in [4.69, 9.17) is 15.0 Å². The lowest BCUT2D eigenvalue weighted by molar-refractivity contribution is 0.994. The predicted octanol–water partition coefficient (Wildman–Crippen LogP) is 7.41. The van der Waals surface area contributed by atoms with Crippen molar-refractivity contribution in [2.24, 2.45) is 0 Å². The van der Waals surface area contributed by atoms with Gasteiger partial charge in [-0.05, 0) is 23.6 Å². The van der Waals surface area contributed by atoms with Crippen molar-refractivity contribution < 1.29 is 0 Å². The molecule has 5 aromatic rings. The molecule has 4 heteroatoms. The molecular formula is C31H20N4. The Balaban J connectivity index is 1.59. The van der Waals surface area contributed by atoms with E-state index in [1.807, 2.05) is 54.6 Å². The summed E-state index contributed by atoms with van der Waals surface area (Å²) < 4.78 is 2.17. The predicted molar refractivity (Wildman–Crippen MR) is 142 cm³/mol. The second-order valence-corrected chi connectivity index (χ2v) is 8.57. The molecule has 0 spiro atoms. The molecule has 2 aliphatic heterocycles. The number of nitrogens with zero attached hydrogens (tertiary/aromatic N) is 4. The number of hydrogen-bond acceptors (Lipinski definition) is 3. The van der Waals surface area contributed by atoms with Crippen LogP contribution in [0.1, 0.15) is 0 Å². The van der Waals surface area contributed by atoms with Gasteiger partial charge in [0.1, 0.15) is 11.6 Å². The van der Waals surface area contributed by atoms with Crippen molar-refractivity contribution in [1.29, 1.82) is 0 Å². The average molecular weight is 449 g/mol. The van der Waals surface area contributed by atoms with Crippen LogP contribution in [0.15, 0.2) is 121 Å². The summed E-state index contributed by atoms with van der Waals surface area (Å²) in [5, 5.41) is 2.28. The number of fused-ring (bicyclic) bond motifs is 4. The van der Waals surface area contributed by atoms with Crippen LogP contribution >= 0.6 is 0 Å². The van der Waals surface area contributed by atoms with Gasteiger partial charge in [-0.2, -0.15) is 0 Å². The van der Waals surface area contributed by atoms with Crippen LogP contribution in [-0.2, 0) is 0 Å². The van der Waals surface area contributed by atoms with E-state index >= 15 is 0 Å². The second-order valence-electron chi connectivity index (χ2n) is 8.57. The zero-order valence-electron chi connectivity index (χ0n) is 18.8. The van der Waals surface area contributed by atoms with E-state index in [1.54, 1.807) is 0 Å². The van der Waals surface area contributed by atoms with Crippen LogP contribution in [0.3, 0.4) is 0 Å². The van der Waals surface area contributed by atoms with Crippen LogP contribution in [0.4, 0.5) is 0 Å². The molecule has 0 amide bonds. The Hall–Kier alpha value is -4.83. The molecule has 0 saturated heterocycles. The fourth-order valence-electron chi connectivity index (χ4n) is 4.74. The molecule has 0 fully saturated rings. The van der Waals surface area contributed by atoms with E-state index in [2.05, 4.69) is 71.3 Å². The van der Waals surface area contributed by atoms with Gasteiger partial charge < -0.3 is 0 Å². The average Bonchev–Trinajstić information content (AvgIpc) is 3.30. The highest BCUT2D eigenvalue weighted by Gasteiger charge is 2.21. The zero-order valence-corrected chi connectivity index (χ0v) is 18.8. The van der Waals surface area contributed by atoms with Crippen LogP contribution < -0.4 is 0 Å². The first-order valence-corrected chi connectivity index (χ1v) is 11.6. The Morgan fingerprint density at radius 1 is 0.543 bits per heavy atom. The molecule has 4 nitrogen and oxygen atoms in total. The summed E-state index contributed by atoms with van der Waals surface area (Å²) in [6.07, 6.45) is 0. The van der Waals surface area contributed by atoms with E-state index in [-0.39, 0.29) is 0 Å². The first-order valence-electron chi connectivity index (χ1n) is 11.6. The normalized spacial score (nSPS) is 11.4. The minimum atomic E-state index is 0.687. The van der Waals surface area contributed by atoms with Crippen molar-refractivity contribution in [2.75, 3.05) is 0 Å². The fourth-order valence-corrected chi connectivity index (χ4v) is 4.74. The van der Waals surface area contributed by atoms with Gasteiger partial charge in [0.05, 0.1) is 16.7 Å². The highest BCUT2D eigenvalue weighted by molar-refractivity contribution is 6.01. The van der Waals surface area contributed by atoms with E-state index in [9.17, 15) is 0 Å². The second kappa shape index (κ2) is 7.89. The quantitative estimate of drug-likeness (QED) is 0.283. The van der Waals surface area contributed by atoms with Crippen LogP contribution in [0.25, 0.3) is 61.7 Å². The van der Waals surface area contributed by atoms with Gasteiger partial charge in [-0.15, -0.1) is 0 Å². The Morgan fingerprint density at radius 2 is 1.23 bits per heavy atom. The molecule has 0 radical (unpaired) electrons. The summed E-state index contributed by atoms with van der Waals surface area (Å²) in [6.45, 7) is 0. The summed E-state index contributed by atoms with van der Waals surface area (Å²) in [5.74, 6) is 2.37. The van der Waals surface area contributed by atoms with Crippen LogP contribution in [-0.4, -0.2) is 19.5 Å². The molecule has 164 valence electrons. The minimum Gasteiger partial charge on any atom is -0.278 e. The maximum Gasteiger partial charge on any atom is 0.162 e. The molecule has 0 unspecified atom stereocenters. The van der Waals surface area contributed by atoms with Crippen molar-refractivity contribution in [1.82, 2.24) is 19.5 Å². The minimum absolute atomic E-state index is 0.687. The van der Waals surface area contributed by atoms with Crippen molar-refractivity contribution in [2.45, 2.75) is 0 Å². The monoisotopic (exact) mass is 448 g/mol. The topological polar surface area (TPSA) is 43.6 Å². The van der Waals surface area contributed by atoms with Crippen molar-refractivity contribution >= 4 is 21.8 Å². The van der Waals surface area contributed by atoms with E-state index < -0.39 is 0 Å². The van der Waals surface area contributed by atoms with Crippen LogP contribution in [0.2, 0.25) is 0 Å². The molecule has 1 aromatic heterocycles. The van der Waals surface area contributed by atoms with Crippen molar-refractivity contribution in [3.8, 4) is 39.9 Å². The van der Waals surface area contributed by atoms with Gasteiger partial charge in [0.2, 0.25) is 0 Å². The highest BCUT2D eigenvalue weighted by atomic mass is 15.1. The molecule has 0 saturated carbocycles. The van der Waals surface area contributed by atoms with Crippen molar-refractivity contribution in [3.63, 3.8) is 0 Å². The number of benzene rings is 4. The molecule has 0 aliphatic carbocycles. The van der Waals surface area contributed by atoms with Gasteiger partial charge in [0, 0.05) is 28.1 Å². The molecule has 35 heavy (non-hydrogen) atoms. The Bertz CT molecular complexity index is 1730. The maximum atomic E-state index is 5.08. The van der Waals surface area contributed by atoms with Gasteiger partial charge in [0.25, 0.3) is 0 Å². The standard InChI is InChI=1S/C31H20N4/c1-3-11-21(12-4-1)27-20-29(34-30(32-27)22-13-5-2-6-14-22)35-28-18-10-7-15-23(28)19-25-24-16-8-9-17-26(24)33-31(25)35/h1-20H. The zero-order chi connectivity index (χ0) is 23.2. The Morgan fingerprint density at radius 3 is 2.06 bits per heavy atom. The molecule has 0 atom stereocenters. The molecule has 0 bridgehead atoms. The van der Waals surface area contributed by atoms with Gasteiger partial charge in [-0.25, -0.2) is 15.0 Å². The van der Waals surface area contributed by atoms with Gasteiger partial charge in [-0.1, -0.05) is 97.1 Å². The summed E-state index contributed by atoms with van der Waals surface area (Å²) in [4.78, 5) is 15.1.